The number of hydrogen-bond acceptors (Lipinski definition) is 5. The van der Waals surface area contributed by atoms with Gasteiger partial charge in [-0.3, -0.25) is 0 Å². The molecule has 6 heteroatoms. The number of halogens is 1. The van der Waals surface area contributed by atoms with E-state index in [1.165, 1.54) is 16.9 Å². The van der Waals surface area contributed by atoms with Gasteiger partial charge in [0, 0.05) is 7.11 Å². The van der Waals surface area contributed by atoms with Crippen LogP contribution in [0.1, 0.15) is 5.56 Å². The van der Waals surface area contributed by atoms with E-state index in [0.29, 0.717) is 12.5 Å². The molecule has 2 aromatic heterocycles. The van der Waals surface area contributed by atoms with Gasteiger partial charge in [0.15, 0.2) is 0 Å². The number of hydrogen-bond donors (Lipinski definition) is 0. The van der Waals surface area contributed by atoms with Crippen LogP contribution in [0.4, 0.5) is 0 Å². The predicted octanol–water partition coefficient (Wildman–Crippen LogP) is 4.33. The third-order valence-corrected chi connectivity index (χ3v) is 3.97. The highest BCUT2D eigenvalue weighted by molar-refractivity contribution is 7.16. The van der Waals surface area contributed by atoms with Gasteiger partial charge in [-0.15, -0.1) is 11.3 Å². The first kappa shape index (κ1) is 14.3. The third-order valence-electron chi connectivity index (χ3n) is 3.00. The number of methoxy groups -OCH3 is 1. The predicted molar refractivity (Wildman–Crippen MR) is 84.5 cm³/mol. The van der Waals surface area contributed by atoms with Crippen LogP contribution in [0, 0.1) is 0 Å². The molecule has 0 atom stereocenters. The van der Waals surface area contributed by atoms with Crippen molar-refractivity contribution in [3.05, 3.63) is 46.6 Å². The van der Waals surface area contributed by atoms with Crippen LogP contribution in [0.25, 0.3) is 10.2 Å². The van der Waals surface area contributed by atoms with Crippen molar-refractivity contribution in [2.24, 2.45) is 0 Å². The zero-order chi connectivity index (χ0) is 14.7. The zero-order valence-electron chi connectivity index (χ0n) is 11.4. The van der Waals surface area contributed by atoms with Gasteiger partial charge in [-0.25, -0.2) is 4.98 Å². The summed E-state index contributed by atoms with van der Waals surface area (Å²) < 4.78 is 10.9. The number of fused-ring (bicyclic) bond motifs is 1. The Bertz CT molecular complexity index is 743. The van der Waals surface area contributed by atoms with Crippen molar-refractivity contribution in [1.82, 2.24) is 9.97 Å². The summed E-state index contributed by atoms with van der Waals surface area (Å²) in [5.41, 5.74) is 1.20. The summed E-state index contributed by atoms with van der Waals surface area (Å²) >= 11 is 7.43. The molecule has 0 amide bonds. The number of thiophene rings is 1. The molecule has 0 aliphatic rings. The molecule has 3 rings (SSSR count). The molecule has 108 valence electrons. The lowest BCUT2D eigenvalue weighted by Crippen LogP contribution is -1.95. The van der Waals surface area contributed by atoms with Gasteiger partial charge in [0.2, 0.25) is 11.2 Å². The number of benzene rings is 1. The minimum Gasteiger partial charge on any atom is -0.438 e. The summed E-state index contributed by atoms with van der Waals surface area (Å²) in [5, 5.41) is 3.00. The molecule has 21 heavy (non-hydrogen) atoms. The van der Waals surface area contributed by atoms with E-state index in [4.69, 9.17) is 21.1 Å². The average molecular weight is 321 g/mol. The second kappa shape index (κ2) is 6.39. The van der Waals surface area contributed by atoms with Crippen LogP contribution in [-0.4, -0.2) is 23.7 Å². The van der Waals surface area contributed by atoms with Crippen molar-refractivity contribution in [3.8, 4) is 11.6 Å². The molecule has 3 aromatic rings. The number of ether oxygens (including phenoxy) is 2. The third kappa shape index (κ3) is 3.32. The fraction of sp³-hybridized carbons (Fsp3) is 0.200. The average Bonchev–Trinajstić information content (AvgIpc) is 2.95. The summed E-state index contributed by atoms with van der Waals surface area (Å²) in [6.45, 7) is 0.706. The Hall–Kier alpha value is -1.69. The quantitative estimate of drug-likeness (QED) is 0.656. The van der Waals surface area contributed by atoms with Gasteiger partial charge in [0.25, 0.3) is 0 Å². The first-order valence-electron chi connectivity index (χ1n) is 6.43. The second-order valence-electron chi connectivity index (χ2n) is 4.43. The highest BCUT2D eigenvalue weighted by Gasteiger charge is 2.10. The first-order chi connectivity index (χ1) is 10.3. The monoisotopic (exact) mass is 320 g/mol. The molecule has 0 unspecified atom stereocenters. The Kier molecular flexibility index (Phi) is 4.34. The van der Waals surface area contributed by atoms with Gasteiger partial charge in [-0.1, -0.05) is 12.1 Å². The Morgan fingerprint density at radius 1 is 1.14 bits per heavy atom. The van der Waals surface area contributed by atoms with E-state index in [2.05, 4.69) is 9.97 Å². The summed E-state index contributed by atoms with van der Waals surface area (Å²) in [6, 6.07) is 9.79. The molecular formula is C15H13ClN2O2S. The van der Waals surface area contributed by atoms with Gasteiger partial charge in [-0.2, -0.15) is 4.98 Å². The van der Waals surface area contributed by atoms with Crippen LogP contribution >= 0.6 is 22.9 Å². The fourth-order valence-electron chi connectivity index (χ4n) is 1.94. The Balaban J connectivity index is 1.83. The smallest absolute Gasteiger partial charge is 0.232 e. The minimum atomic E-state index is 0.191. The Labute approximate surface area is 131 Å². The van der Waals surface area contributed by atoms with Gasteiger partial charge in [0.05, 0.1) is 12.0 Å². The second-order valence-corrected chi connectivity index (χ2v) is 5.66. The standard InChI is InChI=1S/C15H13ClN2O2S/c1-19-8-6-10-2-4-11(5-3-10)20-13-12-7-9-21-14(12)18-15(16)17-13/h2-5,7,9H,6,8H2,1H3. The molecule has 2 heterocycles. The summed E-state index contributed by atoms with van der Waals surface area (Å²) in [5.74, 6) is 1.20. The number of nitrogens with zero attached hydrogens (tertiary/aromatic N) is 2. The van der Waals surface area contributed by atoms with Gasteiger partial charge in [0.1, 0.15) is 10.6 Å². The first-order valence-corrected chi connectivity index (χ1v) is 7.68. The van der Waals surface area contributed by atoms with Crippen molar-refractivity contribution in [1.29, 1.82) is 0 Å². The van der Waals surface area contributed by atoms with Crippen LogP contribution in [0.3, 0.4) is 0 Å². The van der Waals surface area contributed by atoms with E-state index in [-0.39, 0.29) is 5.28 Å². The topological polar surface area (TPSA) is 44.2 Å². The maximum atomic E-state index is 5.92. The van der Waals surface area contributed by atoms with Crippen molar-refractivity contribution < 1.29 is 9.47 Å². The maximum absolute atomic E-state index is 5.92. The summed E-state index contributed by atoms with van der Waals surface area (Å²) in [7, 11) is 1.70. The van der Waals surface area contributed by atoms with E-state index in [1.54, 1.807) is 7.11 Å². The van der Waals surface area contributed by atoms with E-state index in [1.807, 2.05) is 35.7 Å². The fourth-order valence-corrected chi connectivity index (χ4v) is 2.90. The van der Waals surface area contributed by atoms with Crippen LogP contribution in [-0.2, 0) is 11.2 Å². The molecule has 0 spiro atoms. The van der Waals surface area contributed by atoms with Crippen molar-refractivity contribution >= 4 is 33.2 Å². The molecule has 0 bridgehead atoms. The van der Waals surface area contributed by atoms with E-state index < -0.39 is 0 Å². The van der Waals surface area contributed by atoms with Crippen LogP contribution in [0.15, 0.2) is 35.7 Å². The molecule has 0 fully saturated rings. The molecule has 0 saturated carbocycles. The normalized spacial score (nSPS) is 11.0. The number of rotatable bonds is 5. The molecular weight excluding hydrogens is 308 g/mol. The highest BCUT2D eigenvalue weighted by atomic mass is 35.5. The summed E-state index contributed by atoms with van der Waals surface area (Å²) in [4.78, 5) is 9.15. The molecule has 0 aliphatic heterocycles. The van der Waals surface area contributed by atoms with Crippen LogP contribution < -0.4 is 4.74 Å². The van der Waals surface area contributed by atoms with Gasteiger partial charge in [-0.05, 0) is 47.2 Å². The van der Waals surface area contributed by atoms with E-state index in [9.17, 15) is 0 Å². The molecule has 0 radical (unpaired) electrons. The van der Waals surface area contributed by atoms with E-state index >= 15 is 0 Å². The van der Waals surface area contributed by atoms with Crippen LogP contribution in [0.5, 0.6) is 11.6 Å². The molecule has 0 N–H and O–H groups in total. The lowest BCUT2D eigenvalue weighted by Gasteiger charge is -2.07. The Morgan fingerprint density at radius 2 is 1.95 bits per heavy atom. The molecule has 0 aliphatic carbocycles. The lowest BCUT2D eigenvalue weighted by atomic mass is 10.1. The largest absolute Gasteiger partial charge is 0.438 e. The van der Waals surface area contributed by atoms with Crippen molar-refractivity contribution in [3.63, 3.8) is 0 Å². The van der Waals surface area contributed by atoms with Gasteiger partial charge >= 0.3 is 0 Å². The SMILES string of the molecule is COCCc1ccc(Oc2nc(Cl)nc3sccc23)cc1. The van der Waals surface area contributed by atoms with Crippen molar-refractivity contribution in [2.45, 2.75) is 6.42 Å². The molecule has 0 saturated heterocycles. The molecule has 1 aromatic carbocycles. The lowest BCUT2D eigenvalue weighted by molar-refractivity contribution is 0.202. The van der Waals surface area contributed by atoms with Crippen LogP contribution in [0.2, 0.25) is 5.28 Å². The maximum Gasteiger partial charge on any atom is 0.232 e. The van der Waals surface area contributed by atoms with Gasteiger partial charge < -0.3 is 9.47 Å². The summed E-state index contributed by atoms with van der Waals surface area (Å²) in [6.07, 6.45) is 0.880. The van der Waals surface area contributed by atoms with Crippen molar-refractivity contribution in [2.75, 3.05) is 13.7 Å². The molecule has 4 nitrogen and oxygen atoms in total. The minimum absolute atomic E-state index is 0.191. The zero-order valence-corrected chi connectivity index (χ0v) is 12.9. The number of aromatic nitrogens is 2. The Morgan fingerprint density at radius 3 is 2.71 bits per heavy atom. The van der Waals surface area contributed by atoms with E-state index in [0.717, 1.165) is 22.4 Å². The highest BCUT2D eigenvalue weighted by Crippen LogP contribution is 2.31.